The molecule has 18 heavy (non-hydrogen) atoms. The molecule has 0 amide bonds. The van der Waals surface area contributed by atoms with Crippen LogP contribution in [0.3, 0.4) is 0 Å². The molecule has 1 fully saturated rings. The highest BCUT2D eigenvalue weighted by Crippen LogP contribution is 2.31. The summed E-state index contributed by atoms with van der Waals surface area (Å²) in [5.74, 6) is 2.31. The van der Waals surface area contributed by atoms with Crippen molar-refractivity contribution in [1.82, 2.24) is 4.98 Å². The summed E-state index contributed by atoms with van der Waals surface area (Å²) in [5.41, 5.74) is 6.74. The first-order valence-corrected chi connectivity index (χ1v) is 6.65. The zero-order valence-electron chi connectivity index (χ0n) is 11.5. The second kappa shape index (κ2) is 5.46. The Morgan fingerprint density at radius 1 is 1.28 bits per heavy atom. The highest BCUT2D eigenvalue weighted by Gasteiger charge is 2.23. The summed E-state index contributed by atoms with van der Waals surface area (Å²) in [6.07, 6.45) is 5.02. The molecule has 0 aromatic carbocycles. The normalized spacial score (nSPS) is 23.7. The molecule has 2 N–H and O–H groups in total. The Balaban J connectivity index is 2.14. The number of nitrogen functional groups attached to an aromatic ring is 1. The SMILES string of the molecule is COc1ccc(N)c(N(C)C2CCC(C)CC2)n1. The minimum Gasteiger partial charge on any atom is -0.481 e. The number of anilines is 2. The van der Waals surface area contributed by atoms with E-state index in [1.807, 2.05) is 6.07 Å². The molecule has 0 spiro atoms. The maximum Gasteiger partial charge on any atom is 0.215 e. The second-order valence-corrected chi connectivity index (χ2v) is 5.29. The van der Waals surface area contributed by atoms with Gasteiger partial charge in [0.1, 0.15) is 0 Å². The number of hydrogen-bond donors (Lipinski definition) is 1. The van der Waals surface area contributed by atoms with Crippen molar-refractivity contribution in [2.24, 2.45) is 5.92 Å². The van der Waals surface area contributed by atoms with Crippen molar-refractivity contribution in [3.8, 4) is 5.88 Å². The summed E-state index contributed by atoms with van der Waals surface area (Å²) in [5, 5.41) is 0. The zero-order chi connectivity index (χ0) is 13.1. The van der Waals surface area contributed by atoms with Gasteiger partial charge in [0.25, 0.3) is 0 Å². The number of ether oxygens (including phenoxy) is 1. The third kappa shape index (κ3) is 2.68. The van der Waals surface area contributed by atoms with E-state index in [1.54, 1.807) is 13.2 Å². The van der Waals surface area contributed by atoms with Gasteiger partial charge in [-0.15, -0.1) is 0 Å². The van der Waals surface area contributed by atoms with E-state index in [4.69, 9.17) is 10.5 Å². The standard InChI is InChI=1S/C14H23N3O/c1-10-4-6-11(7-5-10)17(2)14-12(15)8-9-13(16-14)18-3/h8-11H,4-7,15H2,1-3H3. The van der Waals surface area contributed by atoms with Crippen LogP contribution in [0.2, 0.25) is 0 Å². The van der Waals surface area contributed by atoms with E-state index in [-0.39, 0.29) is 0 Å². The Labute approximate surface area is 109 Å². The first-order chi connectivity index (χ1) is 8.61. The monoisotopic (exact) mass is 249 g/mol. The maximum atomic E-state index is 6.02. The van der Waals surface area contributed by atoms with Crippen LogP contribution >= 0.6 is 0 Å². The van der Waals surface area contributed by atoms with Gasteiger partial charge in [-0.3, -0.25) is 0 Å². The average Bonchev–Trinajstić information content (AvgIpc) is 2.39. The molecule has 0 aliphatic heterocycles. The lowest BCUT2D eigenvalue weighted by atomic mass is 9.87. The second-order valence-electron chi connectivity index (χ2n) is 5.29. The van der Waals surface area contributed by atoms with Crippen molar-refractivity contribution in [1.29, 1.82) is 0 Å². The molecule has 0 saturated heterocycles. The molecule has 0 atom stereocenters. The molecule has 1 aromatic heterocycles. The third-order valence-corrected chi connectivity index (χ3v) is 3.96. The van der Waals surface area contributed by atoms with Gasteiger partial charge < -0.3 is 15.4 Å². The van der Waals surface area contributed by atoms with Crippen LogP contribution in [0.25, 0.3) is 0 Å². The number of aromatic nitrogens is 1. The van der Waals surface area contributed by atoms with E-state index in [2.05, 4.69) is 23.9 Å². The lowest BCUT2D eigenvalue weighted by Crippen LogP contribution is -2.35. The number of rotatable bonds is 3. The van der Waals surface area contributed by atoms with Crippen molar-refractivity contribution in [3.05, 3.63) is 12.1 Å². The van der Waals surface area contributed by atoms with E-state index in [0.29, 0.717) is 11.9 Å². The van der Waals surface area contributed by atoms with Gasteiger partial charge in [0, 0.05) is 19.2 Å². The number of methoxy groups -OCH3 is 1. The van der Waals surface area contributed by atoms with Crippen LogP contribution < -0.4 is 15.4 Å². The van der Waals surface area contributed by atoms with E-state index in [9.17, 15) is 0 Å². The van der Waals surface area contributed by atoms with Crippen LogP contribution in [0.4, 0.5) is 11.5 Å². The number of hydrogen-bond acceptors (Lipinski definition) is 4. The van der Waals surface area contributed by atoms with Crippen LogP contribution in [-0.2, 0) is 0 Å². The average molecular weight is 249 g/mol. The van der Waals surface area contributed by atoms with E-state index in [1.165, 1.54) is 25.7 Å². The van der Waals surface area contributed by atoms with E-state index >= 15 is 0 Å². The van der Waals surface area contributed by atoms with Crippen molar-refractivity contribution >= 4 is 11.5 Å². The molecule has 0 bridgehead atoms. The van der Waals surface area contributed by atoms with Crippen LogP contribution in [0.5, 0.6) is 5.88 Å². The van der Waals surface area contributed by atoms with Gasteiger partial charge in [-0.05, 0) is 37.7 Å². The van der Waals surface area contributed by atoms with Gasteiger partial charge in [-0.1, -0.05) is 6.92 Å². The molecule has 1 heterocycles. The van der Waals surface area contributed by atoms with Gasteiger partial charge in [0.2, 0.25) is 5.88 Å². The van der Waals surface area contributed by atoms with Crippen LogP contribution in [0.15, 0.2) is 12.1 Å². The Kier molecular flexibility index (Phi) is 3.94. The molecule has 2 rings (SSSR count). The number of pyridine rings is 1. The highest BCUT2D eigenvalue weighted by molar-refractivity contribution is 5.63. The quantitative estimate of drug-likeness (QED) is 0.895. The molecule has 1 aromatic rings. The molecule has 100 valence electrons. The minimum atomic E-state index is 0.545. The predicted molar refractivity (Wildman–Crippen MR) is 75.0 cm³/mol. The predicted octanol–water partition coefficient (Wildman–Crippen LogP) is 2.69. The summed E-state index contributed by atoms with van der Waals surface area (Å²) in [7, 11) is 3.71. The molecular weight excluding hydrogens is 226 g/mol. The summed E-state index contributed by atoms with van der Waals surface area (Å²) in [4.78, 5) is 6.68. The Morgan fingerprint density at radius 2 is 1.94 bits per heavy atom. The Morgan fingerprint density at radius 3 is 2.56 bits per heavy atom. The summed E-state index contributed by atoms with van der Waals surface area (Å²) in [6, 6.07) is 4.21. The summed E-state index contributed by atoms with van der Waals surface area (Å²) < 4.78 is 5.17. The van der Waals surface area contributed by atoms with Crippen molar-refractivity contribution in [2.45, 2.75) is 38.6 Å². The number of nitrogens with zero attached hydrogens (tertiary/aromatic N) is 2. The Hall–Kier alpha value is -1.45. The molecule has 1 aliphatic carbocycles. The summed E-state index contributed by atoms with van der Waals surface area (Å²) >= 11 is 0. The minimum absolute atomic E-state index is 0.545. The van der Waals surface area contributed by atoms with Gasteiger partial charge >= 0.3 is 0 Å². The van der Waals surface area contributed by atoms with Gasteiger partial charge in [-0.25, -0.2) is 0 Å². The van der Waals surface area contributed by atoms with Crippen LogP contribution in [-0.4, -0.2) is 25.2 Å². The molecule has 0 radical (unpaired) electrons. The highest BCUT2D eigenvalue weighted by atomic mass is 16.5. The number of nitrogens with two attached hydrogens (primary N) is 1. The fourth-order valence-corrected chi connectivity index (χ4v) is 2.64. The maximum absolute atomic E-state index is 6.02. The van der Waals surface area contributed by atoms with Gasteiger partial charge in [0.15, 0.2) is 5.82 Å². The van der Waals surface area contributed by atoms with Crippen molar-refractivity contribution < 1.29 is 4.74 Å². The largest absolute Gasteiger partial charge is 0.481 e. The molecule has 1 saturated carbocycles. The van der Waals surface area contributed by atoms with E-state index in [0.717, 1.165) is 17.4 Å². The lowest BCUT2D eigenvalue weighted by Gasteiger charge is -2.34. The fourth-order valence-electron chi connectivity index (χ4n) is 2.64. The zero-order valence-corrected chi connectivity index (χ0v) is 11.5. The summed E-state index contributed by atoms with van der Waals surface area (Å²) in [6.45, 7) is 2.33. The fraction of sp³-hybridized carbons (Fsp3) is 0.643. The first-order valence-electron chi connectivity index (χ1n) is 6.65. The smallest absolute Gasteiger partial charge is 0.215 e. The molecule has 1 aliphatic rings. The van der Waals surface area contributed by atoms with Crippen molar-refractivity contribution in [2.75, 3.05) is 24.8 Å². The Bertz CT molecular complexity index is 400. The van der Waals surface area contributed by atoms with E-state index < -0.39 is 0 Å². The molecular formula is C14H23N3O. The van der Waals surface area contributed by atoms with Gasteiger partial charge in [-0.2, -0.15) is 4.98 Å². The molecule has 4 nitrogen and oxygen atoms in total. The van der Waals surface area contributed by atoms with Gasteiger partial charge in [0.05, 0.1) is 12.8 Å². The third-order valence-electron chi connectivity index (χ3n) is 3.96. The lowest BCUT2D eigenvalue weighted by molar-refractivity contribution is 0.339. The molecule has 4 heteroatoms. The van der Waals surface area contributed by atoms with Crippen molar-refractivity contribution in [3.63, 3.8) is 0 Å². The van der Waals surface area contributed by atoms with Crippen LogP contribution in [0, 0.1) is 5.92 Å². The van der Waals surface area contributed by atoms with Crippen LogP contribution in [0.1, 0.15) is 32.6 Å². The molecule has 0 unspecified atom stereocenters. The first kappa shape index (κ1) is 13.0. The topological polar surface area (TPSA) is 51.4 Å².